The number of carbonyl (C=O) groups excluding carboxylic acids is 3. The van der Waals surface area contributed by atoms with Gasteiger partial charge in [0, 0.05) is 69.7 Å². The number of esters is 1. The van der Waals surface area contributed by atoms with Gasteiger partial charge in [0.25, 0.3) is 0 Å². The van der Waals surface area contributed by atoms with E-state index in [1.54, 1.807) is 65.3 Å². The minimum Gasteiger partial charge on any atom is -0.459 e. The minimum atomic E-state index is -1.86. The van der Waals surface area contributed by atoms with Gasteiger partial charge in [-0.2, -0.15) is 0 Å². The molecule has 1 aromatic heterocycles. The maximum Gasteiger partial charge on any atom is 0.414 e. The molecule has 4 aliphatic heterocycles. The average Bonchev–Trinajstić information content (AvgIpc) is 4.05. The number of amides is 2. The number of aliphatic hydroxyl groups excluding tert-OH is 3. The van der Waals surface area contributed by atoms with Crippen LogP contribution in [0.2, 0.25) is 0 Å². The quantitative estimate of drug-likeness (QED) is 0.108. The highest BCUT2D eigenvalue weighted by molar-refractivity contribution is 5.90. The van der Waals surface area contributed by atoms with E-state index < -0.39 is 126 Å². The number of nitrogens with zero attached hydrogens (tertiary/aromatic N) is 6. The fraction of sp³-hybridized carbons (Fsp3) is 0.717. The molecule has 2 aromatic carbocycles. The molecule has 3 aromatic rings. The molecular weight excluding hydrogens is 1080 g/mol. The number of methoxy groups -OCH3 is 1. The Kier molecular flexibility index (Phi) is 21.6. The molecule has 23 heteroatoms. The molecule has 83 heavy (non-hydrogen) atoms. The molecule has 7 rings (SSSR count). The van der Waals surface area contributed by atoms with Crippen LogP contribution < -0.4 is 10.2 Å². The van der Waals surface area contributed by atoms with E-state index in [9.17, 15) is 39.9 Å². The molecule has 22 nitrogen and oxygen atoms in total. The average molecular weight is 1170 g/mol. The van der Waals surface area contributed by atoms with Crippen molar-refractivity contribution in [1.82, 2.24) is 30.1 Å². The zero-order valence-corrected chi connectivity index (χ0v) is 50.8. The number of hydrogen-bond acceptors (Lipinski definition) is 19. The van der Waals surface area contributed by atoms with Gasteiger partial charge >= 0.3 is 12.1 Å². The van der Waals surface area contributed by atoms with Gasteiger partial charge in [0.05, 0.1) is 72.6 Å². The molecule has 2 amide bonds. The molecule has 0 saturated carbocycles. The van der Waals surface area contributed by atoms with Gasteiger partial charge in [0.15, 0.2) is 12.6 Å². The number of aromatic nitrogens is 3. The summed E-state index contributed by atoms with van der Waals surface area (Å²) in [4.78, 5) is 43.7. The monoisotopic (exact) mass is 1170 g/mol. The number of hydrogen-bond donors (Lipinski definition) is 6. The molecule has 0 radical (unpaired) electrons. The summed E-state index contributed by atoms with van der Waals surface area (Å²) >= 11 is 0. The second kappa shape index (κ2) is 27.3. The Morgan fingerprint density at radius 1 is 0.940 bits per heavy atom. The van der Waals surface area contributed by atoms with Crippen molar-refractivity contribution in [1.29, 1.82) is 0 Å². The zero-order valence-electron chi connectivity index (χ0n) is 50.8. The lowest BCUT2D eigenvalue weighted by molar-refractivity contribution is -0.318. The van der Waals surface area contributed by atoms with Gasteiger partial charge in [0.1, 0.15) is 41.9 Å². The molecule has 4 aliphatic rings. The summed E-state index contributed by atoms with van der Waals surface area (Å²) in [6.07, 6.45) is -8.27. The third-order valence-corrected chi connectivity index (χ3v) is 17.7. The van der Waals surface area contributed by atoms with Crippen LogP contribution in [0.15, 0.2) is 48.7 Å². The number of cyclic esters (lactones) is 2. The first-order valence-corrected chi connectivity index (χ1v) is 29.2. The SMILES string of the molecule is CC[C@H]1OC(=O)[C@H](C)[C@@H](O[C@H]2C[C@@](C)(OC)[C@@H](O)[C@H](C)O2)[C@H](C)[C@@H](O[C@@H]2O[C@H](C)C[C@H](N(C)CCc3cn(Cc4ccc(-c5ccc(N6C[C@H](CNC(C)=O)OC6=O)cc5F)cc4)nn3)[C@H]2O)[C@](C)(O)C[C@@H](C)CN(C)[C@H](C)[C@@H](O)[C@]1(C)O. The molecule has 4 fully saturated rings. The first kappa shape index (κ1) is 65.8. The van der Waals surface area contributed by atoms with Crippen LogP contribution in [0, 0.1) is 23.6 Å². The van der Waals surface area contributed by atoms with Gasteiger partial charge in [-0.3, -0.25) is 14.5 Å². The second-order valence-corrected chi connectivity index (χ2v) is 24.8. The normalized spacial score (nSPS) is 37.2. The fourth-order valence-electron chi connectivity index (χ4n) is 12.6. The molecule has 0 bridgehead atoms. The highest BCUT2D eigenvalue weighted by atomic mass is 19.1. The van der Waals surface area contributed by atoms with Crippen LogP contribution in [0.4, 0.5) is 14.9 Å². The van der Waals surface area contributed by atoms with E-state index in [4.69, 9.17) is 33.2 Å². The standard InChI is InChI=1S/C60H92FN7O15/c1-15-48-60(11,76)52(71)37(6)66(13)29-33(2)26-58(9,75)54(35(4)51(36(5)55(73)81-48)82-49-27-59(10,77-14)53(72)38(7)79-49)83-56-50(70)47(24-34(3)78-56)65(12)23-22-42-31-67(64-63-42)30-40-16-18-41(19-17-40)45-21-20-43(25-46(45)61)68-32-44(80-57(68)74)28-62-39(8)69/h16-21,25,31,33-38,44,47-54,56,70-72,75-76H,15,22-24,26-30,32H2,1-14H3,(H,62,69)/t33-,34-,35+,36-,37-,38+,44+,47+,48-,49+,50-,51+,52-,53+,54-,56+,58-,59-,60-/m1/s1. The maximum atomic E-state index is 15.5. The Hall–Kier alpha value is -4.76. The number of likely N-dealkylation sites (N-methyl/N-ethyl adjacent to an activating group) is 2. The molecule has 464 valence electrons. The first-order chi connectivity index (χ1) is 39.0. The van der Waals surface area contributed by atoms with E-state index >= 15 is 4.39 Å². The van der Waals surface area contributed by atoms with Crippen LogP contribution in [0.25, 0.3) is 11.1 Å². The highest BCUT2D eigenvalue weighted by Crippen LogP contribution is 2.41. The zero-order chi connectivity index (χ0) is 61.0. The molecule has 6 N–H and O–H groups in total. The van der Waals surface area contributed by atoms with E-state index in [0.717, 1.165) is 11.3 Å². The molecule has 0 aliphatic carbocycles. The lowest BCUT2D eigenvalue weighted by atomic mass is 9.77. The molecular formula is C60H92FN7O15. The summed E-state index contributed by atoms with van der Waals surface area (Å²) in [5, 5.41) is 71.4. The summed E-state index contributed by atoms with van der Waals surface area (Å²) in [7, 11) is 5.23. The van der Waals surface area contributed by atoms with Crippen molar-refractivity contribution in [2.75, 3.05) is 52.3 Å². The van der Waals surface area contributed by atoms with Gasteiger partial charge in [-0.1, -0.05) is 50.3 Å². The third kappa shape index (κ3) is 15.4. The van der Waals surface area contributed by atoms with E-state index in [2.05, 4.69) is 15.6 Å². The number of carbonyl (C=O) groups is 3. The maximum absolute atomic E-state index is 15.5. The van der Waals surface area contributed by atoms with Crippen LogP contribution in [-0.2, 0) is 55.7 Å². The summed E-state index contributed by atoms with van der Waals surface area (Å²) in [6.45, 7) is 20.4. The summed E-state index contributed by atoms with van der Waals surface area (Å²) in [6, 6.07) is 10.9. The summed E-state index contributed by atoms with van der Waals surface area (Å²) in [5.41, 5.74) is -1.63. The van der Waals surface area contributed by atoms with Gasteiger partial charge in [0.2, 0.25) is 5.91 Å². The Bertz CT molecular complexity index is 2650. The van der Waals surface area contributed by atoms with Crippen molar-refractivity contribution in [3.63, 3.8) is 0 Å². The van der Waals surface area contributed by atoms with Crippen LogP contribution >= 0.6 is 0 Å². The molecule has 19 atom stereocenters. The molecule has 5 heterocycles. The predicted molar refractivity (Wildman–Crippen MR) is 304 cm³/mol. The smallest absolute Gasteiger partial charge is 0.414 e. The molecule has 0 unspecified atom stereocenters. The lowest BCUT2D eigenvalue weighted by Gasteiger charge is -2.49. The topological polar surface area (TPSA) is 269 Å². The van der Waals surface area contributed by atoms with Gasteiger partial charge < -0.3 is 73.8 Å². The van der Waals surface area contributed by atoms with E-state index in [-0.39, 0.29) is 44.2 Å². The Morgan fingerprint density at radius 2 is 1.64 bits per heavy atom. The van der Waals surface area contributed by atoms with Gasteiger partial charge in [-0.05, 0) is 117 Å². The van der Waals surface area contributed by atoms with E-state index in [0.29, 0.717) is 49.3 Å². The lowest BCUT2D eigenvalue weighted by Crippen LogP contribution is -2.61. The van der Waals surface area contributed by atoms with Crippen LogP contribution in [0.1, 0.15) is 113 Å². The van der Waals surface area contributed by atoms with Crippen molar-refractivity contribution >= 4 is 23.7 Å². The number of anilines is 1. The largest absolute Gasteiger partial charge is 0.459 e. The van der Waals surface area contributed by atoms with Crippen molar-refractivity contribution in [2.45, 2.75) is 211 Å². The fourth-order valence-corrected chi connectivity index (χ4v) is 12.6. The van der Waals surface area contributed by atoms with Crippen LogP contribution in [0.5, 0.6) is 0 Å². The highest BCUT2D eigenvalue weighted by Gasteiger charge is 2.53. The Morgan fingerprint density at radius 3 is 2.29 bits per heavy atom. The number of aliphatic hydroxyl groups is 5. The number of rotatable bonds is 16. The predicted octanol–water partition coefficient (Wildman–Crippen LogP) is 4.42. The van der Waals surface area contributed by atoms with E-state index in [1.807, 2.05) is 68.2 Å². The summed E-state index contributed by atoms with van der Waals surface area (Å²) in [5.74, 6) is -3.63. The van der Waals surface area contributed by atoms with Crippen LogP contribution in [-0.4, -0.2) is 212 Å². The van der Waals surface area contributed by atoms with Crippen molar-refractivity contribution in [3.05, 3.63) is 65.7 Å². The van der Waals surface area contributed by atoms with Crippen molar-refractivity contribution in [3.8, 4) is 11.1 Å². The third-order valence-electron chi connectivity index (χ3n) is 17.7. The Balaban J connectivity index is 1.05. The molecule has 4 saturated heterocycles. The molecule has 0 spiro atoms. The number of nitrogens with one attached hydrogen (secondary N) is 1. The van der Waals surface area contributed by atoms with Crippen molar-refractivity contribution in [2.24, 2.45) is 17.8 Å². The van der Waals surface area contributed by atoms with Crippen LogP contribution in [0.3, 0.4) is 0 Å². The summed E-state index contributed by atoms with van der Waals surface area (Å²) < 4.78 is 61.0. The van der Waals surface area contributed by atoms with Gasteiger partial charge in [-0.15, -0.1) is 5.10 Å². The first-order valence-electron chi connectivity index (χ1n) is 29.2. The van der Waals surface area contributed by atoms with Crippen molar-refractivity contribution < 1.29 is 77.5 Å². The minimum absolute atomic E-state index is 0.0805. The Labute approximate surface area is 487 Å². The number of ether oxygens (including phenoxy) is 7. The number of halogens is 1. The van der Waals surface area contributed by atoms with E-state index in [1.165, 1.54) is 31.9 Å². The van der Waals surface area contributed by atoms with Gasteiger partial charge in [-0.25, -0.2) is 13.9 Å². The number of benzene rings is 2. The second-order valence-electron chi connectivity index (χ2n) is 24.8.